The van der Waals surface area contributed by atoms with Crippen molar-refractivity contribution in [2.24, 2.45) is 0 Å². The van der Waals surface area contributed by atoms with Gasteiger partial charge in [-0.1, -0.05) is 0 Å². The Bertz CT molecular complexity index is 115. The molecule has 0 fully saturated rings. The lowest BCUT2D eigenvalue weighted by atomic mass is 10.3. The van der Waals surface area contributed by atoms with Gasteiger partial charge in [0.25, 0.3) is 0 Å². The highest BCUT2D eigenvalue weighted by Gasteiger charge is 2.13. The number of ketones is 1. The van der Waals surface area contributed by atoms with Crippen LogP contribution in [0.25, 0.3) is 0 Å². The molecular formula is C5H5O2. The molecule has 1 radical (unpaired) electrons. The molecule has 0 aliphatic carbocycles. The Morgan fingerprint density at radius 3 is 2.71 bits per heavy atom. The highest BCUT2D eigenvalue weighted by Crippen LogP contribution is 2.01. The minimum absolute atomic E-state index is 0.0556. The first-order valence-corrected chi connectivity index (χ1v) is 1.99. The smallest absolute Gasteiger partial charge is 0.199 e. The van der Waals surface area contributed by atoms with E-state index in [-0.39, 0.29) is 5.78 Å². The Balaban J connectivity index is 2.62. The van der Waals surface area contributed by atoms with E-state index in [0.717, 1.165) is 0 Å². The van der Waals surface area contributed by atoms with Crippen LogP contribution in [0.1, 0.15) is 0 Å². The van der Waals surface area contributed by atoms with Gasteiger partial charge in [0.15, 0.2) is 11.9 Å². The van der Waals surface area contributed by atoms with Crippen LogP contribution in [0.5, 0.6) is 0 Å². The highest BCUT2D eigenvalue weighted by molar-refractivity contribution is 5.95. The van der Waals surface area contributed by atoms with Crippen LogP contribution >= 0.6 is 0 Å². The quantitative estimate of drug-likeness (QED) is 0.434. The van der Waals surface area contributed by atoms with Crippen molar-refractivity contribution in [3.05, 3.63) is 19.3 Å². The maximum Gasteiger partial charge on any atom is 0.199 e. The highest BCUT2D eigenvalue weighted by atomic mass is 16.5. The second kappa shape index (κ2) is 1.37. The number of hydrogen-bond acceptors (Lipinski definition) is 2. The van der Waals surface area contributed by atoms with Crippen LogP contribution < -0.4 is 0 Å². The maximum absolute atomic E-state index is 10.3. The van der Waals surface area contributed by atoms with Crippen molar-refractivity contribution >= 4 is 5.78 Å². The Kier molecular flexibility index (Phi) is 0.855. The van der Waals surface area contributed by atoms with Gasteiger partial charge in [-0.15, -0.1) is 0 Å². The second-order valence-corrected chi connectivity index (χ2v) is 1.33. The SMILES string of the molecule is [CH2]C1OC=CC1=O. The zero-order chi connectivity index (χ0) is 5.28. The van der Waals surface area contributed by atoms with Crippen molar-refractivity contribution < 1.29 is 9.53 Å². The van der Waals surface area contributed by atoms with Gasteiger partial charge in [0.2, 0.25) is 0 Å². The molecule has 0 aromatic carbocycles. The minimum Gasteiger partial charge on any atom is -0.490 e. The van der Waals surface area contributed by atoms with Crippen LogP contribution in [0, 0.1) is 6.92 Å². The predicted molar refractivity (Wildman–Crippen MR) is 24.4 cm³/mol. The summed E-state index contributed by atoms with van der Waals surface area (Å²) in [6.07, 6.45) is 2.25. The molecule has 0 saturated carbocycles. The summed E-state index contributed by atoms with van der Waals surface area (Å²) in [5.41, 5.74) is 0. The lowest BCUT2D eigenvalue weighted by Gasteiger charge is -1.95. The molecule has 0 spiro atoms. The first kappa shape index (κ1) is 4.37. The van der Waals surface area contributed by atoms with E-state index in [2.05, 4.69) is 11.7 Å². The van der Waals surface area contributed by atoms with Gasteiger partial charge in [-0.25, -0.2) is 0 Å². The Morgan fingerprint density at radius 1 is 1.86 bits per heavy atom. The molecule has 37 valence electrons. The van der Waals surface area contributed by atoms with Gasteiger partial charge in [0.05, 0.1) is 6.26 Å². The first-order valence-electron chi connectivity index (χ1n) is 1.99. The topological polar surface area (TPSA) is 26.3 Å². The lowest BCUT2D eigenvalue weighted by molar-refractivity contribution is -0.118. The van der Waals surface area contributed by atoms with E-state index in [4.69, 9.17) is 0 Å². The molecule has 0 saturated heterocycles. The molecule has 1 aliphatic heterocycles. The third-order valence-electron chi connectivity index (χ3n) is 0.792. The lowest BCUT2D eigenvalue weighted by Crippen LogP contribution is -2.09. The van der Waals surface area contributed by atoms with E-state index in [1.165, 1.54) is 12.3 Å². The van der Waals surface area contributed by atoms with Crippen molar-refractivity contribution in [3.8, 4) is 0 Å². The van der Waals surface area contributed by atoms with Crippen LogP contribution in [-0.4, -0.2) is 11.9 Å². The molecule has 2 nitrogen and oxygen atoms in total. The van der Waals surface area contributed by atoms with E-state index in [9.17, 15) is 4.79 Å². The van der Waals surface area contributed by atoms with E-state index >= 15 is 0 Å². The van der Waals surface area contributed by atoms with E-state index in [0.29, 0.717) is 0 Å². The zero-order valence-electron chi connectivity index (χ0n) is 3.76. The summed E-state index contributed by atoms with van der Waals surface area (Å²) in [5.74, 6) is -0.0556. The molecule has 1 atom stereocenters. The summed E-state index contributed by atoms with van der Waals surface area (Å²) in [5, 5.41) is 0. The van der Waals surface area contributed by atoms with Crippen molar-refractivity contribution in [1.82, 2.24) is 0 Å². The Morgan fingerprint density at radius 2 is 2.57 bits per heavy atom. The molecule has 0 N–H and O–H groups in total. The molecule has 0 aromatic rings. The normalized spacial score (nSPS) is 28.1. The average molecular weight is 97.1 g/mol. The molecule has 1 heterocycles. The summed E-state index contributed by atoms with van der Waals surface area (Å²) in [4.78, 5) is 10.3. The first-order chi connectivity index (χ1) is 3.30. The number of carbonyl (C=O) groups is 1. The Hall–Kier alpha value is -0.790. The number of carbonyl (C=O) groups excluding carboxylic acids is 1. The second-order valence-electron chi connectivity index (χ2n) is 1.33. The van der Waals surface area contributed by atoms with Crippen molar-refractivity contribution in [2.45, 2.75) is 6.10 Å². The summed E-state index contributed by atoms with van der Waals surface area (Å²) in [7, 11) is 0. The van der Waals surface area contributed by atoms with Gasteiger partial charge in [-0.3, -0.25) is 4.79 Å². The van der Waals surface area contributed by atoms with Crippen molar-refractivity contribution in [3.63, 3.8) is 0 Å². The van der Waals surface area contributed by atoms with Gasteiger partial charge in [-0.2, -0.15) is 0 Å². The van der Waals surface area contributed by atoms with Gasteiger partial charge >= 0.3 is 0 Å². The predicted octanol–water partition coefficient (Wildman–Crippen LogP) is 0.302. The molecule has 2 heteroatoms. The van der Waals surface area contributed by atoms with Crippen LogP contribution in [0.15, 0.2) is 12.3 Å². The van der Waals surface area contributed by atoms with Crippen molar-refractivity contribution in [1.29, 1.82) is 0 Å². The number of hydrogen-bond donors (Lipinski definition) is 0. The standard InChI is InChI=1S/C5H5O2/c1-4-5(6)2-3-7-4/h2-4H,1H2. The summed E-state index contributed by atoms with van der Waals surface area (Å²) < 4.78 is 4.62. The fourth-order valence-electron chi connectivity index (χ4n) is 0.376. The third kappa shape index (κ3) is 0.633. The zero-order valence-corrected chi connectivity index (χ0v) is 3.76. The third-order valence-corrected chi connectivity index (χ3v) is 0.792. The van der Waals surface area contributed by atoms with Gasteiger partial charge in [0.1, 0.15) is 0 Å². The fraction of sp³-hybridized carbons (Fsp3) is 0.200. The monoisotopic (exact) mass is 97.0 g/mol. The van der Waals surface area contributed by atoms with Gasteiger partial charge in [-0.05, 0) is 6.92 Å². The fourth-order valence-corrected chi connectivity index (χ4v) is 0.376. The molecule has 1 unspecified atom stereocenters. The van der Waals surface area contributed by atoms with E-state index in [1.54, 1.807) is 0 Å². The molecule has 1 rings (SSSR count). The van der Waals surface area contributed by atoms with Crippen LogP contribution in [0.2, 0.25) is 0 Å². The summed E-state index contributed by atoms with van der Waals surface area (Å²) in [6.45, 7) is 3.38. The summed E-state index contributed by atoms with van der Waals surface area (Å²) >= 11 is 0. The van der Waals surface area contributed by atoms with E-state index in [1.807, 2.05) is 0 Å². The van der Waals surface area contributed by atoms with Crippen LogP contribution in [-0.2, 0) is 9.53 Å². The maximum atomic E-state index is 10.3. The van der Waals surface area contributed by atoms with Gasteiger partial charge < -0.3 is 4.74 Å². The number of rotatable bonds is 0. The largest absolute Gasteiger partial charge is 0.490 e. The van der Waals surface area contributed by atoms with E-state index < -0.39 is 6.10 Å². The molecule has 0 amide bonds. The van der Waals surface area contributed by atoms with Crippen molar-refractivity contribution in [2.75, 3.05) is 0 Å². The molecule has 0 aromatic heterocycles. The van der Waals surface area contributed by atoms with Gasteiger partial charge in [0, 0.05) is 6.08 Å². The summed E-state index contributed by atoms with van der Waals surface area (Å²) in [6, 6.07) is 0. The van der Waals surface area contributed by atoms with Crippen LogP contribution in [0.4, 0.5) is 0 Å². The molecule has 7 heavy (non-hydrogen) atoms. The average Bonchev–Trinajstić information content (AvgIpc) is 1.91. The molecule has 0 bridgehead atoms. The Labute approximate surface area is 41.8 Å². The minimum atomic E-state index is -0.486. The molecule has 1 aliphatic rings. The molecular weight excluding hydrogens is 92.1 g/mol. The van der Waals surface area contributed by atoms with Crippen LogP contribution in [0.3, 0.4) is 0 Å². The number of ether oxygens (including phenoxy) is 1.